The quantitative estimate of drug-likeness (QED) is 0.830. The van der Waals surface area contributed by atoms with Crippen molar-refractivity contribution in [1.29, 1.82) is 0 Å². The molecule has 0 radical (unpaired) electrons. The van der Waals surface area contributed by atoms with E-state index in [2.05, 4.69) is 6.92 Å². The van der Waals surface area contributed by atoms with E-state index < -0.39 is 0 Å². The van der Waals surface area contributed by atoms with E-state index in [1.165, 1.54) is 70.6 Å². The fourth-order valence-electron chi connectivity index (χ4n) is 5.08. The molecule has 3 fully saturated rings. The highest BCUT2D eigenvalue weighted by atomic mass is 16.5. The van der Waals surface area contributed by atoms with Gasteiger partial charge in [0.15, 0.2) is 0 Å². The van der Waals surface area contributed by atoms with E-state index in [1.54, 1.807) is 0 Å². The monoisotopic (exact) mass is 279 g/mol. The molecule has 0 amide bonds. The summed E-state index contributed by atoms with van der Waals surface area (Å²) in [7, 11) is 0. The zero-order valence-corrected chi connectivity index (χ0v) is 13.3. The van der Waals surface area contributed by atoms with E-state index in [1.807, 2.05) is 0 Å². The first kappa shape index (κ1) is 14.8. The Labute approximate surface area is 124 Å². The van der Waals surface area contributed by atoms with Crippen molar-refractivity contribution in [3.05, 3.63) is 0 Å². The van der Waals surface area contributed by atoms with Crippen molar-refractivity contribution in [2.75, 3.05) is 0 Å². The molecule has 0 bridgehead atoms. The maximum absolute atomic E-state index is 6.67. The molecule has 20 heavy (non-hydrogen) atoms. The average molecular weight is 279 g/mol. The molecule has 2 heteroatoms. The first-order valence-corrected chi connectivity index (χ1v) is 9.17. The van der Waals surface area contributed by atoms with Crippen molar-refractivity contribution in [2.24, 2.45) is 17.1 Å². The van der Waals surface area contributed by atoms with Gasteiger partial charge in [0.2, 0.25) is 0 Å². The van der Waals surface area contributed by atoms with Gasteiger partial charge in [-0.15, -0.1) is 0 Å². The van der Waals surface area contributed by atoms with Gasteiger partial charge in [-0.1, -0.05) is 51.9 Å². The standard InChI is InChI=1S/C18H33NO/c1-2-14-9-5-6-10-15(14)20-17-13-16(19)18(17)11-7-3-4-8-12-18/h14-17H,2-13,19H2,1H3. The van der Waals surface area contributed by atoms with E-state index in [4.69, 9.17) is 10.5 Å². The van der Waals surface area contributed by atoms with Crippen LogP contribution >= 0.6 is 0 Å². The number of hydrogen-bond acceptors (Lipinski definition) is 2. The molecule has 116 valence electrons. The van der Waals surface area contributed by atoms with Gasteiger partial charge in [0.25, 0.3) is 0 Å². The molecule has 3 aliphatic rings. The Balaban J connectivity index is 1.64. The second-order valence-electron chi connectivity index (χ2n) is 7.61. The Bertz CT molecular complexity index is 309. The lowest BCUT2D eigenvalue weighted by Crippen LogP contribution is -2.63. The van der Waals surface area contributed by atoms with E-state index in [0.29, 0.717) is 23.7 Å². The molecule has 0 aromatic carbocycles. The smallest absolute Gasteiger partial charge is 0.0665 e. The minimum absolute atomic E-state index is 0.353. The predicted octanol–water partition coefficient (Wildman–Crippen LogP) is 4.41. The topological polar surface area (TPSA) is 35.2 Å². The molecular formula is C18H33NO. The van der Waals surface area contributed by atoms with Crippen LogP contribution in [-0.4, -0.2) is 18.2 Å². The van der Waals surface area contributed by atoms with Gasteiger partial charge in [-0.2, -0.15) is 0 Å². The van der Waals surface area contributed by atoms with E-state index in [-0.39, 0.29) is 0 Å². The van der Waals surface area contributed by atoms with Gasteiger partial charge in [0.1, 0.15) is 0 Å². The van der Waals surface area contributed by atoms with Crippen LogP contribution in [-0.2, 0) is 4.74 Å². The van der Waals surface area contributed by atoms with Crippen LogP contribution < -0.4 is 5.73 Å². The summed E-state index contributed by atoms with van der Waals surface area (Å²) >= 11 is 0. The van der Waals surface area contributed by atoms with Crippen LogP contribution in [0.15, 0.2) is 0 Å². The molecule has 0 saturated heterocycles. The Morgan fingerprint density at radius 3 is 2.35 bits per heavy atom. The molecule has 0 heterocycles. The van der Waals surface area contributed by atoms with E-state index >= 15 is 0 Å². The number of hydrogen-bond donors (Lipinski definition) is 1. The van der Waals surface area contributed by atoms with E-state index in [9.17, 15) is 0 Å². The molecule has 3 rings (SSSR count). The van der Waals surface area contributed by atoms with Crippen LogP contribution in [0, 0.1) is 11.3 Å². The Morgan fingerprint density at radius 1 is 1.00 bits per heavy atom. The van der Waals surface area contributed by atoms with Gasteiger partial charge in [0, 0.05) is 11.5 Å². The molecular weight excluding hydrogens is 246 g/mol. The summed E-state index contributed by atoms with van der Waals surface area (Å²) in [6.45, 7) is 2.33. The first-order chi connectivity index (χ1) is 9.76. The highest BCUT2D eigenvalue weighted by Crippen LogP contribution is 2.52. The Hall–Kier alpha value is -0.0800. The van der Waals surface area contributed by atoms with Gasteiger partial charge < -0.3 is 10.5 Å². The lowest BCUT2D eigenvalue weighted by molar-refractivity contribution is -0.179. The van der Waals surface area contributed by atoms with Gasteiger partial charge in [-0.25, -0.2) is 0 Å². The zero-order chi connectivity index (χ0) is 14.0. The third-order valence-electron chi connectivity index (χ3n) is 6.58. The van der Waals surface area contributed by atoms with Crippen molar-refractivity contribution in [1.82, 2.24) is 0 Å². The summed E-state index contributed by atoms with van der Waals surface area (Å²) in [5, 5.41) is 0. The summed E-state index contributed by atoms with van der Waals surface area (Å²) in [5.74, 6) is 0.809. The fraction of sp³-hybridized carbons (Fsp3) is 1.00. The van der Waals surface area contributed by atoms with Crippen LogP contribution in [0.5, 0.6) is 0 Å². The summed E-state index contributed by atoms with van der Waals surface area (Å²) in [4.78, 5) is 0. The summed E-state index contributed by atoms with van der Waals surface area (Å²) in [6, 6.07) is 0.411. The molecule has 0 aromatic rings. The van der Waals surface area contributed by atoms with Gasteiger partial charge >= 0.3 is 0 Å². The largest absolute Gasteiger partial charge is 0.374 e. The van der Waals surface area contributed by atoms with Gasteiger partial charge in [-0.3, -0.25) is 0 Å². The molecule has 0 aromatic heterocycles. The van der Waals surface area contributed by atoms with Gasteiger partial charge in [0.05, 0.1) is 12.2 Å². The molecule has 3 aliphatic carbocycles. The summed E-state index contributed by atoms with van der Waals surface area (Å²) in [6.07, 6.45) is 17.1. The number of rotatable bonds is 3. The summed E-state index contributed by atoms with van der Waals surface area (Å²) in [5.41, 5.74) is 6.79. The molecule has 4 atom stereocenters. The van der Waals surface area contributed by atoms with E-state index in [0.717, 1.165) is 12.3 Å². The molecule has 1 spiro atoms. The summed E-state index contributed by atoms with van der Waals surface area (Å²) < 4.78 is 6.67. The SMILES string of the molecule is CCC1CCCCC1OC1CC(N)C12CCCCCC2. The second kappa shape index (κ2) is 6.36. The normalized spacial score (nSPS) is 41.1. The number of nitrogens with two attached hydrogens (primary N) is 1. The molecule has 3 saturated carbocycles. The third-order valence-corrected chi connectivity index (χ3v) is 6.58. The minimum atomic E-state index is 0.353. The highest BCUT2D eigenvalue weighted by molar-refractivity contribution is 5.07. The number of ether oxygens (including phenoxy) is 1. The maximum Gasteiger partial charge on any atom is 0.0665 e. The lowest BCUT2D eigenvalue weighted by Gasteiger charge is -2.56. The van der Waals surface area contributed by atoms with Crippen LogP contribution in [0.1, 0.15) is 84.0 Å². The third kappa shape index (κ3) is 2.66. The van der Waals surface area contributed by atoms with Gasteiger partial charge in [-0.05, 0) is 38.0 Å². The first-order valence-electron chi connectivity index (χ1n) is 9.17. The lowest BCUT2D eigenvalue weighted by atomic mass is 9.58. The Morgan fingerprint density at radius 2 is 1.70 bits per heavy atom. The fourth-order valence-corrected chi connectivity index (χ4v) is 5.08. The van der Waals surface area contributed by atoms with Crippen molar-refractivity contribution in [2.45, 2.75) is 102 Å². The van der Waals surface area contributed by atoms with Crippen LogP contribution in [0.3, 0.4) is 0 Å². The van der Waals surface area contributed by atoms with Crippen molar-refractivity contribution >= 4 is 0 Å². The van der Waals surface area contributed by atoms with Crippen molar-refractivity contribution in [3.63, 3.8) is 0 Å². The molecule has 2 nitrogen and oxygen atoms in total. The molecule has 0 aliphatic heterocycles. The molecule has 2 N–H and O–H groups in total. The zero-order valence-electron chi connectivity index (χ0n) is 13.3. The molecule has 4 unspecified atom stereocenters. The minimum Gasteiger partial charge on any atom is -0.374 e. The average Bonchev–Trinajstić information content (AvgIpc) is 2.75. The van der Waals surface area contributed by atoms with Crippen LogP contribution in [0.4, 0.5) is 0 Å². The van der Waals surface area contributed by atoms with Crippen molar-refractivity contribution < 1.29 is 4.74 Å². The van der Waals surface area contributed by atoms with Crippen molar-refractivity contribution in [3.8, 4) is 0 Å². The second-order valence-corrected chi connectivity index (χ2v) is 7.61. The maximum atomic E-state index is 6.67. The van der Waals surface area contributed by atoms with Crippen LogP contribution in [0.25, 0.3) is 0 Å². The Kier molecular flexibility index (Phi) is 4.72. The predicted molar refractivity (Wildman–Crippen MR) is 83.6 cm³/mol. The highest BCUT2D eigenvalue weighted by Gasteiger charge is 2.54. The van der Waals surface area contributed by atoms with Crippen LogP contribution in [0.2, 0.25) is 0 Å².